The fourth-order valence-corrected chi connectivity index (χ4v) is 2.91. The second-order valence-corrected chi connectivity index (χ2v) is 5.48. The molecule has 2 N–H and O–H groups in total. The second kappa shape index (κ2) is 4.80. The van der Waals surface area contributed by atoms with Gasteiger partial charge in [0.15, 0.2) is 0 Å². The highest BCUT2D eigenvalue weighted by atomic mass is 19.4. The molecule has 2 rings (SSSR count). The fraction of sp³-hybridized carbons (Fsp3) is 0.571. The molecule has 1 aliphatic heterocycles. The zero-order valence-electron chi connectivity index (χ0n) is 11.0. The molecule has 0 aliphatic carbocycles. The van der Waals surface area contributed by atoms with E-state index in [9.17, 15) is 18.3 Å². The van der Waals surface area contributed by atoms with Crippen molar-refractivity contribution in [2.45, 2.75) is 50.6 Å². The van der Waals surface area contributed by atoms with Crippen LogP contribution >= 0.6 is 0 Å². The maximum absolute atomic E-state index is 12.5. The van der Waals surface area contributed by atoms with Gasteiger partial charge in [-0.25, -0.2) is 0 Å². The van der Waals surface area contributed by atoms with Crippen LogP contribution in [0.25, 0.3) is 0 Å². The summed E-state index contributed by atoms with van der Waals surface area (Å²) in [6.45, 7) is 3.93. The van der Waals surface area contributed by atoms with Gasteiger partial charge in [-0.15, -0.1) is 0 Å². The van der Waals surface area contributed by atoms with E-state index >= 15 is 0 Å². The van der Waals surface area contributed by atoms with Crippen LogP contribution in [-0.2, 0) is 11.8 Å². The number of halogens is 3. The van der Waals surface area contributed by atoms with Gasteiger partial charge in [-0.2, -0.15) is 13.2 Å². The molecule has 0 aromatic heterocycles. The van der Waals surface area contributed by atoms with Gasteiger partial charge >= 0.3 is 6.18 Å². The van der Waals surface area contributed by atoms with E-state index in [1.54, 1.807) is 0 Å². The minimum absolute atomic E-state index is 0.135. The molecule has 1 heterocycles. The molecule has 0 radical (unpaired) electrons. The molecule has 106 valence electrons. The van der Waals surface area contributed by atoms with Crippen molar-refractivity contribution in [1.82, 2.24) is 5.32 Å². The Hall–Kier alpha value is -1.07. The van der Waals surface area contributed by atoms with Crippen LogP contribution in [0.2, 0.25) is 0 Å². The molecule has 5 heteroatoms. The average Bonchev–Trinajstić information content (AvgIpc) is 2.26. The van der Waals surface area contributed by atoms with Crippen molar-refractivity contribution in [1.29, 1.82) is 0 Å². The average molecular weight is 273 g/mol. The summed E-state index contributed by atoms with van der Waals surface area (Å²) in [5, 5.41) is 14.0. The lowest BCUT2D eigenvalue weighted by molar-refractivity contribution is -0.137. The molecular weight excluding hydrogens is 255 g/mol. The van der Waals surface area contributed by atoms with Gasteiger partial charge in [-0.3, -0.25) is 0 Å². The molecule has 0 amide bonds. The van der Waals surface area contributed by atoms with Crippen molar-refractivity contribution in [2.24, 2.45) is 0 Å². The number of alkyl halides is 3. The Balaban J connectivity index is 2.26. The normalized spacial score (nSPS) is 32.3. The molecule has 2 nitrogen and oxygen atoms in total. The summed E-state index contributed by atoms with van der Waals surface area (Å²) in [6.07, 6.45) is -3.33. The SMILES string of the molecule is C[C@@H]1CC(O)(c2ccc(C(F)(F)F)cc2)C[C@H](C)N1. The summed E-state index contributed by atoms with van der Waals surface area (Å²) >= 11 is 0. The van der Waals surface area contributed by atoms with Crippen LogP contribution in [0.1, 0.15) is 37.8 Å². The molecular formula is C14H18F3NO. The molecule has 0 bridgehead atoms. The molecule has 1 aromatic rings. The maximum atomic E-state index is 12.5. The third-order valence-corrected chi connectivity index (χ3v) is 3.61. The predicted octanol–water partition coefficient (Wildman–Crippen LogP) is 3.05. The van der Waals surface area contributed by atoms with Gasteiger partial charge in [0.1, 0.15) is 0 Å². The molecule has 1 fully saturated rings. The van der Waals surface area contributed by atoms with Crippen molar-refractivity contribution in [2.75, 3.05) is 0 Å². The molecule has 0 saturated carbocycles. The van der Waals surface area contributed by atoms with Gasteiger partial charge in [-0.1, -0.05) is 12.1 Å². The highest BCUT2D eigenvalue weighted by Crippen LogP contribution is 2.36. The van der Waals surface area contributed by atoms with Crippen LogP contribution in [0.4, 0.5) is 13.2 Å². The molecule has 0 spiro atoms. The van der Waals surface area contributed by atoms with Gasteiger partial charge < -0.3 is 10.4 Å². The van der Waals surface area contributed by atoms with E-state index in [1.807, 2.05) is 13.8 Å². The molecule has 1 unspecified atom stereocenters. The minimum atomic E-state index is -4.34. The predicted molar refractivity (Wildman–Crippen MR) is 66.6 cm³/mol. The number of hydrogen-bond donors (Lipinski definition) is 2. The number of benzene rings is 1. The van der Waals surface area contributed by atoms with Crippen LogP contribution in [0.3, 0.4) is 0 Å². The van der Waals surface area contributed by atoms with Gasteiger partial charge in [-0.05, 0) is 44.4 Å². The van der Waals surface area contributed by atoms with E-state index in [4.69, 9.17) is 0 Å². The summed E-state index contributed by atoms with van der Waals surface area (Å²) in [4.78, 5) is 0. The number of piperidine rings is 1. The number of nitrogens with one attached hydrogen (secondary N) is 1. The van der Waals surface area contributed by atoms with Crippen molar-refractivity contribution in [3.8, 4) is 0 Å². The van der Waals surface area contributed by atoms with Crippen LogP contribution in [0, 0.1) is 0 Å². The summed E-state index contributed by atoms with van der Waals surface area (Å²) in [7, 11) is 0. The summed E-state index contributed by atoms with van der Waals surface area (Å²) in [5.41, 5.74) is -1.18. The Morgan fingerprint density at radius 2 is 1.58 bits per heavy atom. The van der Waals surface area contributed by atoms with Gasteiger partial charge in [0, 0.05) is 12.1 Å². The zero-order valence-corrected chi connectivity index (χ0v) is 11.0. The Kier molecular flexibility index (Phi) is 3.62. The topological polar surface area (TPSA) is 32.3 Å². The third kappa shape index (κ3) is 3.09. The summed E-state index contributed by atoms with van der Waals surface area (Å²) in [6, 6.07) is 5.10. The highest BCUT2D eigenvalue weighted by Gasteiger charge is 2.38. The Bertz CT molecular complexity index is 431. The van der Waals surface area contributed by atoms with Crippen molar-refractivity contribution >= 4 is 0 Å². The largest absolute Gasteiger partial charge is 0.416 e. The van der Waals surface area contributed by atoms with Crippen molar-refractivity contribution < 1.29 is 18.3 Å². The van der Waals surface area contributed by atoms with Gasteiger partial charge in [0.05, 0.1) is 11.2 Å². The van der Waals surface area contributed by atoms with E-state index in [2.05, 4.69) is 5.32 Å². The molecule has 1 aromatic carbocycles. The standard InChI is InChI=1S/C14H18F3NO/c1-9-7-13(19,8-10(2)18-9)11-3-5-12(6-4-11)14(15,16)17/h3-6,9-10,18-19H,7-8H2,1-2H3/t9-,10+,13?. The molecule has 3 atom stereocenters. The van der Waals surface area contributed by atoms with E-state index in [0.717, 1.165) is 12.1 Å². The molecule has 1 saturated heterocycles. The molecule has 1 aliphatic rings. The smallest absolute Gasteiger partial charge is 0.385 e. The highest BCUT2D eigenvalue weighted by molar-refractivity contribution is 5.29. The minimum Gasteiger partial charge on any atom is -0.385 e. The summed E-state index contributed by atoms with van der Waals surface area (Å²) < 4.78 is 37.5. The van der Waals surface area contributed by atoms with E-state index < -0.39 is 17.3 Å². The first kappa shape index (κ1) is 14.3. The van der Waals surface area contributed by atoms with Crippen LogP contribution in [-0.4, -0.2) is 17.2 Å². The Labute approximate surface area is 110 Å². The lowest BCUT2D eigenvalue weighted by Crippen LogP contribution is -2.49. The first-order chi connectivity index (χ1) is 8.71. The lowest BCUT2D eigenvalue weighted by Gasteiger charge is -2.40. The number of hydrogen-bond acceptors (Lipinski definition) is 2. The summed E-state index contributed by atoms with van der Waals surface area (Å²) in [5.74, 6) is 0. The first-order valence-corrected chi connectivity index (χ1v) is 6.37. The first-order valence-electron chi connectivity index (χ1n) is 6.37. The Morgan fingerprint density at radius 3 is 2.00 bits per heavy atom. The number of aliphatic hydroxyl groups is 1. The van der Waals surface area contributed by atoms with Crippen LogP contribution in [0.15, 0.2) is 24.3 Å². The van der Waals surface area contributed by atoms with E-state index in [0.29, 0.717) is 18.4 Å². The number of rotatable bonds is 1. The van der Waals surface area contributed by atoms with Crippen LogP contribution < -0.4 is 5.32 Å². The van der Waals surface area contributed by atoms with E-state index in [1.165, 1.54) is 12.1 Å². The quantitative estimate of drug-likeness (QED) is 0.824. The maximum Gasteiger partial charge on any atom is 0.416 e. The second-order valence-electron chi connectivity index (χ2n) is 5.48. The van der Waals surface area contributed by atoms with Gasteiger partial charge in [0.2, 0.25) is 0 Å². The third-order valence-electron chi connectivity index (χ3n) is 3.61. The zero-order chi connectivity index (χ0) is 14.3. The monoisotopic (exact) mass is 273 g/mol. The molecule has 19 heavy (non-hydrogen) atoms. The Morgan fingerprint density at radius 1 is 1.11 bits per heavy atom. The van der Waals surface area contributed by atoms with Gasteiger partial charge in [0.25, 0.3) is 0 Å². The van der Waals surface area contributed by atoms with Crippen molar-refractivity contribution in [3.05, 3.63) is 35.4 Å². The fourth-order valence-electron chi connectivity index (χ4n) is 2.91. The lowest BCUT2D eigenvalue weighted by atomic mass is 9.79. The van der Waals surface area contributed by atoms with Crippen molar-refractivity contribution in [3.63, 3.8) is 0 Å². The van der Waals surface area contributed by atoms with Crippen LogP contribution in [0.5, 0.6) is 0 Å². The van der Waals surface area contributed by atoms with E-state index in [-0.39, 0.29) is 12.1 Å².